The lowest BCUT2D eigenvalue weighted by molar-refractivity contribution is 0.0954. The van der Waals surface area contributed by atoms with Crippen LogP contribution < -0.4 is 21.7 Å². The van der Waals surface area contributed by atoms with Crippen molar-refractivity contribution in [2.45, 2.75) is 0 Å². The zero-order valence-corrected chi connectivity index (χ0v) is 10.6. The van der Waals surface area contributed by atoms with Crippen molar-refractivity contribution in [1.29, 1.82) is 0 Å². The predicted octanol–water partition coefficient (Wildman–Crippen LogP) is -0.446. The molecule has 5 heteroatoms. The van der Waals surface area contributed by atoms with Crippen LogP contribution in [0.3, 0.4) is 0 Å². The number of benzene rings is 1. The third-order valence-corrected chi connectivity index (χ3v) is 2.42. The largest absolute Gasteiger partial charge is 0.351 e. The zero-order valence-electron chi connectivity index (χ0n) is 10.6. The molecular weight excluding hydrogens is 228 g/mol. The Bertz CT molecular complexity index is 329. The van der Waals surface area contributed by atoms with Gasteiger partial charge in [-0.05, 0) is 12.1 Å². The van der Waals surface area contributed by atoms with Gasteiger partial charge in [-0.15, -0.1) is 0 Å². The Hall–Kier alpha value is -1.43. The summed E-state index contributed by atoms with van der Waals surface area (Å²) in [5.74, 6) is -0.0290. The average Bonchev–Trinajstić information content (AvgIpc) is 2.42. The Morgan fingerprint density at radius 3 is 2.22 bits per heavy atom. The molecule has 18 heavy (non-hydrogen) atoms. The maximum atomic E-state index is 11.7. The van der Waals surface area contributed by atoms with E-state index in [0.29, 0.717) is 18.7 Å². The summed E-state index contributed by atoms with van der Waals surface area (Å²) in [5.41, 5.74) is 6.05. The van der Waals surface area contributed by atoms with E-state index in [1.165, 1.54) is 0 Å². The van der Waals surface area contributed by atoms with Crippen LogP contribution in [-0.4, -0.2) is 45.2 Å². The van der Waals surface area contributed by atoms with E-state index in [1.54, 1.807) is 12.1 Å². The van der Waals surface area contributed by atoms with Crippen molar-refractivity contribution in [2.24, 2.45) is 5.73 Å². The first-order chi connectivity index (χ1) is 8.84. The molecule has 0 unspecified atom stereocenters. The number of carbonyl (C=O) groups excluding carboxylic acids is 1. The summed E-state index contributed by atoms with van der Waals surface area (Å²) < 4.78 is 0. The first kappa shape index (κ1) is 14.6. The molecular formula is C13H22N4O. The average molecular weight is 250 g/mol. The molecule has 5 nitrogen and oxygen atoms in total. The highest BCUT2D eigenvalue weighted by Crippen LogP contribution is 1.96. The van der Waals surface area contributed by atoms with Gasteiger partial charge in [0.25, 0.3) is 5.91 Å². The second-order valence-corrected chi connectivity index (χ2v) is 3.91. The van der Waals surface area contributed by atoms with Crippen molar-refractivity contribution in [2.75, 3.05) is 39.3 Å². The van der Waals surface area contributed by atoms with Crippen LogP contribution >= 0.6 is 0 Å². The van der Waals surface area contributed by atoms with E-state index in [1.807, 2.05) is 18.2 Å². The topological polar surface area (TPSA) is 79.2 Å². The van der Waals surface area contributed by atoms with Crippen molar-refractivity contribution in [3.05, 3.63) is 35.9 Å². The molecule has 0 heterocycles. The van der Waals surface area contributed by atoms with Crippen LogP contribution in [0, 0.1) is 0 Å². The second-order valence-electron chi connectivity index (χ2n) is 3.91. The molecule has 0 aliphatic carbocycles. The van der Waals surface area contributed by atoms with Crippen molar-refractivity contribution in [3.63, 3.8) is 0 Å². The van der Waals surface area contributed by atoms with Crippen molar-refractivity contribution in [1.82, 2.24) is 16.0 Å². The number of hydrogen-bond acceptors (Lipinski definition) is 4. The van der Waals surface area contributed by atoms with Crippen LogP contribution in [0.2, 0.25) is 0 Å². The van der Waals surface area contributed by atoms with E-state index in [-0.39, 0.29) is 5.91 Å². The van der Waals surface area contributed by atoms with Gasteiger partial charge >= 0.3 is 0 Å². The molecule has 0 saturated heterocycles. The Kier molecular flexibility index (Phi) is 7.79. The van der Waals surface area contributed by atoms with Gasteiger partial charge < -0.3 is 21.7 Å². The first-order valence-electron chi connectivity index (χ1n) is 6.29. The lowest BCUT2D eigenvalue weighted by atomic mass is 10.2. The van der Waals surface area contributed by atoms with Crippen LogP contribution in [0.4, 0.5) is 0 Å². The van der Waals surface area contributed by atoms with E-state index in [2.05, 4.69) is 16.0 Å². The maximum Gasteiger partial charge on any atom is 0.251 e. The van der Waals surface area contributed by atoms with Gasteiger partial charge in [-0.3, -0.25) is 4.79 Å². The number of carbonyl (C=O) groups is 1. The van der Waals surface area contributed by atoms with E-state index < -0.39 is 0 Å². The fourth-order valence-corrected chi connectivity index (χ4v) is 1.48. The van der Waals surface area contributed by atoms with Gasteiger partial charge in [0.15, 0.2) is 0 Å². The molecule has 1 amide bonds. The number of amides is 1. The monoisotopic (exact) mass is 250 g/mol. The smallest absolute Gasteiger partial charge is 0.251 e. The van der Waals surface area contributed by atoms with Gasteiger partial charge in [0.1, 0.15) is 0 Å². The normalized spacial score (nSPS) is 10.3. The van der Waals surface area contributed by atoms with E-state index >= 15 is 0 Å². The van der Waals surface area contributed by atoms with Gasteiger partial charge in [0.05, 0.1) is 0 Å². The van der Waals surface area contributed by atoms with Crippen LogP contribution in [0.1, 0.15) is 10.4 Å². The fraction of sp³-hybridized carbons (Fsp3) is 0.462. The number of nitrogens with one attached hydrogen (secondary N) is 3. The van der Waals surface area contributed by atoms with Gasteiger partial charge in [-0.2, -0.15) is 0 Å². The minimum Gasteiger partial charge on any atom is -0.351 e. The molecule has 0 aliphatic heterocycles. The molecule has 0 aliphatic rings. The molecule has 1 rings (SSSR count). The molecule has 100 valence electrons. The van der Waals surface area contributed by atoms with Gasteiger partial charge in [0.2, 0.25) is 0 Å². The third kappa shape index (κ3) is 6.34. The van der Waals surface area contributed by atoms with Gasteiger partial charge in [-0.25, -0.2) is 0 Å². The Balaban J connectivity index is 2.00. The highest BCUT2D eigenvalue weighted by Gasteiger charge is 2.01. The zero-order chi connectivity index (χ0) is 13.1. The molecule has 1 aromatic rings. The summed E-state index contributed by atoms with van der Waals surface area (Å²) in [6.45, 7) is 4.66. The number of hydrogen-bond donors (Lipinski definition) is 4. The lowest BCUT2D eigenvalue weighted by Crippen LogP contribution is -2.35. The molecule has 0 saturated carbocycles. The summed E-state index contributed by atoms with van der Waals surface area (Å²) in [6, 6.07) is 9.22. The Labute approximate surface area is 108 Å². The predicted molar refractivity (Wildman–Crippen MR) is 73.6 cm³/mol. The molecule has 0 atom stereocenters. The van der Waals surface area contributed by atoms with Crippen LogP contribution in [0.25, 0.3) is 0 Å². The Morgan fingerprint density at radius 1 is 0.944 bits per heavy atom. The minimum atomic E-state index is -0.0290. The first-order valence-corrected chi connectivity index (χ1v) is 6.29. The summed E-state index contributed by atoms with van der Waals surface area (Å²) in [4.78, 5) is 11.7. The SMILES string of the molecule is NCCNCCNCCNC(=O)c1ccccc1. The maximum absolute atomic E-state index is 11.7. The molecule has 0 fully saturated rings. The summed E-state index contributed by atoms with van der Waals surface area (Å²) >= 11 is 0. The molecule has 0 radical (unpaired) electrons. The van der Waals surface area contributed by atoms with E-state index in [0.717, 1.165) is 26.2 Å². The molecule has 0 spiro atoms. The summed E-state index contributed by atoms with van der Waals surface area (Å²) in [6.07, 6.45) is 0. The summed E-state index contributed by atoms with van der Waals surface area (Å²) in [5, 5.41) is 9.28. The molecule has 5 N–H and O–H groups in total. The highest BCUT2D eigenvalue weighted by atomic mass is 16.1. The van der Waals surface area contributed by atoms with Crippen molar-refractivity contribution >= 4 is 5.91 Å². The fourth-order valence-electron chi connectivity index (χ4n) is 1.48. The van der Waals surface area contributed by atoms with Crippen LogP contribution in [0.15, 0.2) is 30.3 Å². The number of nitrogens with two attached hydrogens (primary N) is 1. The summed E-state index contributed by atoms with van der Waals surface area (Å²) in [7, 11) is 0. The van der Waals surface area contributed by atoms with Crippen LogP contribution in [0.5, 0.6) is 0 Å². The van der Waals surface area contributed by atoms with Crippen molar-refractivity contribution in [3.8, 4) is 0 Å². The lowest BCUT2D eigenvalue weighted by Gasteiger charge is -2.07. The quantitative estimate of drug-likeness (QED) is 0.448. The second kappa shape index (κ2) is 9.58. The molecule has 0 bridgehead atoms. The van der Waals surface area contributed by atoms with Gasteiger partial charge in [-0.1, -0.05) is 18.2 Å². The number of rotatable bonds is 9. The standard InChI is InChI=1S/C13H22N4O/c14-6-7-15-8-9-16-10-11-17-13(18)12-4-2-1-3-5-12/h1-5,15-16H,6-11,14H2,(H,17,18). The highest BCUT2D eigenvalue weighted by molar-refractivity contribution is 5.94. The molecule has 0 aromatic heterocycles. The van der Waals surface area contributed by atoms with E-state index in [9.17, 15) is 4.79 Å². The Morgan fingerprint density at radius 2 is 1.56 bits per heavy atom. The molecule has 1 aromatic carbocycles. The minimum absolute atomic E-state index is 0.0290. The van der Waals surface area contributed by atoms with Crippen molar-refractivity contribution < 1.29 is 4.79 Å². The van der Waals surface area contributed by atoms with E-state index in [4.69, 9.17) is 5.73 Å². The van der Waals surface area contributed by atoms with Crippen LogP contribution in [-0.2, 0) is 0 Å². The third-order valence-electron chi connectivity index (χ3n) is 2.42. The van der Waals surface area contributed by atoms with Gasteiger partial charge in [0, 0.05) is 44.8 Å².